The molecule has 0 saturated carbocycles. The number of fused-ring (bicyclic) bond motifs is 4. The van der Waals surface area contributed by atoms with E-state index in [1.54, 1.807) is 0 Å². The maximum Gasteiger partial charge on any atom is 0.0793 e. The standard InChI is InChI=1S/C39H25N/c1-2-12-28-24-30(22-21-26(28)10-1)29-14-7-15-31(25-29)37-34-17-5-6-18-35(34)38(39-36(37)20-9-23-40-39)33-19-8-13-27-11-3-4-16-32(27)33/h1-25H. The quantitative estimate of drug-likeness (QED) is 0.217. The van der Waals surface area contributed by atoms with Crippen LogP contribution in [0.5, 0.6) is 0 Å². The van der Waals surface area contributed by atoms with Gasteiger partial charge in [-0.25, -0.2) is 0 Å². The molecule has 0 bridgehead atoms. The van der Waals surface area contributed by atoms with Crippen molar-refractivity contribution in [2.24, 2.45) is 0 Å². The Morgan fingerprint density at radius 2 is 0.975 bits per heavy atom. The summed E-state index contributed by atoms with van der Waals surface area (Å²) < 4.78 is 0. The molecule has 40 heavy (non-hydrogen) atoms. The Balaban J connectivity index is 1.42. The molecule has 186 valence electrons. The van der Waals surface area contributed by atoms with Crippen LogP contribution in [0.1, 0.15) is 0 Å². The Morgan fingerprint density at radius 1 is 0.350 bits per heavy atom. The van der Waals surface area contributed by atoms with Crippen LogP contribution in [0.3, 0.4) is 0 Å². The van der Waals surface area contributed by atoms with Gasteiger partial charge in [0.2, 0.25) is 0 Å². The smallest absolute Gasteiger partial charge is 0.0793 e. The molecule has 7 aromatic carbocycles. The van der Waals surface area contributed by atoms with Crippen molar-refractivity contribution in [3.8, 4) is 33.4 Å². The summed E-state index contributed by atoms with van der Waals surface area (Å²) in [6.45, 7) is 0. The summed E-state index contributed by atoms with van der Waals surface area (Å²) in [5.74, 6) is 0. The van der Waals surface area contributed by atoms with E-state index in [0.29, 0.717) is 0 Å². The summed E-state index contributed by atoms with van der Waals surface area (Å²) in [6.07, 6.45) is 1.92. The Hall–Kier alpha value is -5.27. The van der Waals surface area contributed by atoms with E-state index in [9.17, 15) is 0 Å². The first kappa shape index (κ1) is 22.7. The lowest BCUT2D eigenvalue weighted by atomic mass is 9.86. The summed E-state index contributed by atoms with van der Waals surface area (Å²) in [6, 6.07) is 52.5. The molecule has 1 nitrogen and oxygen atoms in total. The zero-order valence-electron chi connectivity index (χ0n) is 21.9. The van der Waals surface area contributed by atoms with Crippen LogP contribution in [0.25, 0.3) is 76.6 Å². The van der Waals surface area contributed by atoms with Crippen molar-refractivity contribution in [1.29, 1.82) is 0 Å². The molecule has 0 radical (unpaired) electrons. The minimum absolute atomic E-state index is 1.03. The summed E-state index contributed by atoms with van der Waals surface area (Å²) in [7, 11) is 0. The highest BCUT2D eigenvalue weighted by Crippen LogP contribution is 2.44. The van der Waals surface area contributed by atoms with Gasteiger partial charge < -0.3 is 0 Å². The van der Waals surface area contributed by atoms with Crippen molar-refractivity contribution in [2.75, 3.05) is 0 Å². The van der Waals surface area contributed by atoms with Crippen LogP contribution in [0, 0.1) is 0 Å². The lowest BCUT2D eigenvalue weighted by Gasteiger charge is -2.18. The molecule has 1 heterocycles. The first-order valence-corrected chi connectivity index (χ1v) is 13.7. The van der Waals surface area contributed by atoms with Crippen LogP contribution >= 0.6 is 0 Å². The number of aromatic nitrogens is 1. The van der Waals surface area contributed by atoms with Crippen molar-refractivity contribution in [3.05, 3.63) is 152 Å². The topological polar surface area (TPSA) is 12.9 Å². The number of pyridine rings is 1. The molecule has 0 N–H and O–H groups in total. The summed E-state index contributed by atoms with van der Waals surface area (Å²) in [4.78, 5) is 5.02. The number of hydrogen-bond donors (Lipinski definition) is 0. The molecule has 0 fully saturated rings. The van der Waals surface area contributed by atoms with E-state index in [-0.39, 0.29) is 0 Å². The predicted octanol–water partition coefficient (Wildman–Crippen LogP) is 10.7. The van der Waals surface area contributed by atoms with Gasteiger partial charge >= 0.3 is 0 Å². The van der Waals surface area contributed by atoms with Gasteiger partial charge in [-0.15, -0.1) is 0 Å². The van der Waals surface area contributed by atoms with E-state index >= 15 is 0 Å². The fourth-order valence-corrected chi connectivity index (χ4v) is 6.25. The van der Waals surface area contributed by atoms with Gasteiger partial charge in [0.1, 0.15) is 0 Å². The molecule has 0 aliphatic rings. The highest BCUT2D eigenvalue weighted by molar-refractivity contribution is 6.22. The average molecular weight is 508 g/mol. The van der Waals surface area contributed by atoms with Crippen LogP contribution in [0.2, 0.25) is 0 Å². The molecule has 0 amide bonds. The first-order chi connectivity index (χ1) is 19.8. The minimum Gasteiger partial charge on any atom is -0.256 e. The fourth-order valence-electron chi connectivity index (χ4n) is 6.25. The van der Waals surface area contributed by atoms with Gasteiger partial charge in [-0.3, -0.25) is 4.98 Å². The van der Waals surface area contributed by atoms with Crippen LogP contribution in [-0.2, 0) is 0 Å². The monoisotopic (exact) mass is 507 g/mol. The molecule has 0 aliphatic heterocycles. The van der Waals surface area contributed by atoms with E-state index in [4.69, 9.17) is 4.98 Å². The van der Waals surface area contributed by atoms with Crippen molar-refractivity contribution in [2.45, 2.75) is 0 Å². The van der Waals surface area contributed by atoms with E-state index < -0.39 is 0 Å². The Bertz CT molecular complexity index is 2160. The van der Waals surface area contributed by atoms with Crippen molar-refractivity contribution < 1.29 is 0 Å². The second kappa shape index (κ2) is 9.18. The maximum absolute atomic E-state index is 5.02. The molecule has 1 aromatic heterocycles. The second-order valence-electron chi connectivity index (χ2n) is 10.4. The number of nitrogens with zero attached hydrogens (tertiary/aromatic N) is 1. The zero-order chi connectivity index (χ0) is 26.5. The van der Waals surface area contributed by atoms with Crippen molar-refractivity contribution in [3.63, 3.8) is 0 Å². The number of benzene rings is 7. The summed E-state index contributed by atoms with van der Waals surface area (Å²) in [5, 5.41) is 8.62. The van der Waals surface area contributed by atoms with E-state index in [1.165, 1.54) is 71.1 Å². The Kier molecular flexibility index (Phi) is 5.21. The SMILES string of the molecule is c1cc(-c2ccc3ccccc3c2)cc(-c2c3ccccc3c(-c3cccc4ccccc34)c3ncccc23)c1. The van der Waals surface area contributed by atoms with E-state index in [1.807, 2.05) is 6.20 Å². The van der Waals surface area contributed by atoms with Gasteiger partial charge in [0, 0.05) is 17.1 Å². The maximum atomic E-state index is 5.02. The molecule has 1 heteroatoms. The third-order valence-electron chi connectivity index (χ3n) is 8.07. The lowest BCUT2D eigenvalue weighted by Crippen LogP contribution is -1.93. The lowest BCUT2D eigenvalue weighted by molar-refractivity contribution is 1.42. The molecule has 8 aromatic rings. The summed E-state index contributed by atoms with van der Waals surface area (Å²) in [5.41, 5.74) is 8.30. The predicted molar refractivity (Wildman–Crippen MR) is 171 cm³/mol. The molecule has 0 spiro atoms. The van der Waals surface area contributed by atoms with Crippen LogP contribution in [-0.4, -0.2) is 4.98 Å². The van der Waals surface area contributed by atoms with Crippen LogP contribution in [0.15, 0.2) is 152 Å². The third-order valence-corrected chi connectivity index (χ3v) is 8.07. The van der Waals surface area contributed by atoms with E-state index in [2.05, 4.69) is 146 Å². The normalized spacial score (nSPS) is 11.5. The van der Waals surface area contributed by atoms with Gasteiger partial charge in [0.05, 0.1) is 5.52 Å². The highest BCUT2D eigenvalue weighted by Gasteiger charge is 2.19. The van der Waals surface area contributed by atoms with Crippen LogP contribution in [0.4, 0.5) is 0 Å². The molecular formula is C39H25N. The molecule has 0 aliphatic carbocycles. The van der Waals surface area contributed by atoms with Gasteiger partial charge in [-0.05, 0) is 78.3 Å². The number of hydrogen-bond acceptors (Lipinski definition) is 1. The van der Waals surface area contributed by atoms with Gasteiger partial charge in [-0.2, -0.15) is 0 Å². The molecule has 0 saturated heterocycles. The molecule has 0 unspecified atom stereocenters. The molecule has 8 rings (SSSR count). The second-order valence-corrected chi connectivity index (χ2v) is 10.4. The average Bonchev–Trinajstić information content (AvgIpc) is 3.03. The van der Waals surface area contributed by atoms with E-state index in [0.717, 1.165) is 5.52 Å². The first-order valence-electron chi connectivity index (χ1n) is 13.7. The van der Waals surface area contributed by atoms with Gasteiger partial charge in [-0.1, -0.05) is 127 Å². The Labute approximate surface area is 233 Å². The van der Waals surface area contributed by atoms with Gasteiger partial charge in [0.25, 0.3) is 0 Å². The highest BCUT2D eigenvalue weighted by atomic mass is 14.7. The number of rotatable bonds is 3. The zero-order valence-corrected chi connectivity index (χ0v) is 21.9. The van der Waals surface area contributed by atoms with Crippen LogP contribution < -0.4 is 0 Å². The van der Waals surface area contributed by atoms with Crippen molar-refractivity contribution in [1.82, 2.24) is 4.98 Å². The minimum atomic E-state index is 1.03. The van der Waals surface area contributed by atoms with Gasteiger partial charge in [0.15, 0.2) is 0 Å². The summed E-state index contributed by atoms with van der Waals surface area (Å²) >= 11 is 0. The Morgan fingerprint density at radius 3 is 1.85 bits per heavy atom. The third kappa shape index (κ3) is 3.60. The largest absolute Gasteiger partial charge is 0.256 e. The molecule has 0 atom stereocenters. The van der Waals surface area contributed by atoms with Crippen molar-refractivity contribution >= 4 is 43.2 Å². The fraction of sp³-hybridized carbons (Fsp3) is 0. The molecular weight excluding hydrogens is 482 g/mol.